The summed E-state index contributed by atoms with van der Waals surface area (Å²) in [6.07, 6.45) is 3.59. The van der Waals surface area contributed by atoms with E-state index in [4.69, 9.17) is 5.84 Å². The van der Waals surface area contributed by atoms with Crippen molar-refractivity contribution < 1.29 is 0 Å². The number of rotatable bonds is 3. The Balaban J connectivity index is 2.06. The minimum atomic E-state index is -0.0586. The third-order valence-electron chi connectivity index (χ3n) is 3.34. The molecule has 0 aliphatic rings. The van der Waals surface area contributed by atoms with Crippen LogP contribution in [0.4, 0.5) is 0 Å². The van der Waals surface area contributed by atoms with Crippen molar-refractivity contribution in [2.75, 3.05) is 0 Å². The van der Waals surface area contributed by atoms with Crippen molar-refractivity contribution in [3.8, 4) is 0 Å². The second-order valence-corrected chi connectivity index (χ2v) is 5.55. The number of hydrazine groups is 1. The van der Waals surface area contributed by atoms with E-state index in [0.717, 1.165) is 15.6 Å². The summed E-state index contributed by atoms with van der Waals surface area (Å²) in [5.74, 6) is 5.72. The van der Waals surface area contributed by atoms with Gasteiger partial charge in [-0.25, -0.2) is 5.43 Å². The van der Waals surface area contributed by atoms with Crippen LogP contribution in [0.1, 0.15) is 17.2 Å². The predicted octanol–water partition coefficient (Wildman–Crippen LogP) is 3.55. The Morgan fingerprint density at radius 3 is 2.55 bits per heavy atom. The number of nitrogens with zero attached hydrogens (tertiary/aromatic N) is 1. The molecule has 1 unspecified atom stereocenters. The van der Waals surface area contributed by atoms with E-state index in [1.54, 1.807) is 6.20 Å². The summed E-state index contributed by atoms with van der Waals surface area (Å²) in [7, 11) is 0. The van der Waals surface area contributed by atoms with Gasteiger partial charge in [0.05, 0.1) is 6.04 Å². The van der Waals surface area contributed by atoms with Crippen LogP contribution in [0.25, 0.3) is 10.8 Å². The average Bonchev–Trinajstić information content (AvgIpc) is 2.49. The standard InChI is InChI=1S/C16H14BrN3/c17-15-6-5-11-8-13(4-3-12(11)9-15)16(20-18)14-2-1-7-19-10-14/h1-10,16,20H,18H2. The summed E-state index contributed by atoms with van der Waals surface area (Å²) in [4.78, 5) is 4.15. The fourth-order valence-corrected chi connectivity index (χ4v) is 2.73. The minimum absolute atomic E-state index is 0.0586. The monoisotopic (exact) mass is 327 g/mol. The van der Waals surface area contributed by atoms with Crippen LogP contribution in [0.2, 0.25) is 0 Å². The third kappa shape index (κ3) is 2.58. The number of halogens is 1. The van der Waals surface area contributed by atoms with Gasteiger partial charge in [-0.1, -0.05) is 40.2 Å². The van der Waals surface area contributed by atoms with Crippen molar-refractivity contribution in [2.45, 2.75) is 6.04 Å². The highest BCUT2D eigenvalue weighted by Crippen LogP contribution is 2.26. The quantitative estimate of drug-likeness (QED) is 0.571. The highest BCUT2D eigenvalue weighted by molar-refractivity contribution is 9.10. The zero-order chi connectivity index (χ0) is 13.9. The van der Waals surface area contributed by atoms with E-state index in [0.29, 0.717) is 0 Å². The Morgan fingerprint density at radius 2 is 1.80 bits per heavy atom. The van der Waals surface area contributed by atoms with Gasteiger partial charge in [-0.2, -0.15) is 0 Å². The number of hydrogen-bond donors (Lipinski definition) is 2. The van der Waals surface area contributed by atoms with E-state index in [2.05, 4.69) is 56.7 Å². The number of benzene rings is 2. The van der Waals surface area contributed by atoms with Gasteiger partial charge in [-0.3, -0.25) is 10.8 Å². The number of nitrogens with two attached hydrogens (primary N) is 1. The Morgan fingerprint density at radius 1 is 1.00 bits per heavy atom. The molecular formula is C16H14BrN3. The summed E-state index contributed by atoms with van der Waals surface area (Å²) in [5.41, 5.74) is 5.03. The van der Waals surface area contributed by atoms with Gasteiger partial charge in [0.2, 0.25) is 0 Å². The molecule has 2 aromatic carbocycles. The van der Waals surface area contributed by atoms with Crippen molar-refractivity contribution in [2.24, 2.45) is 5.84 Å². The smallest absolute Gasteiger partial charge is 0.0725 e. The molecule has 3 rings (SSSR count). The van der Waals surface area contributed by atoms with Gasteiger partial charge in [0.25, 0.3) is 0 Å². The minimum Gasteiger partial charge on any atom is -0.271 e. The summed E-state index contributed by atoms with van der Waals surface area (Å²) in [5, 5.41) is 2.39. The molecule has 0 aliphatic heterocycles. The number of hydrogen-bond acceptors (Lipinski definition) is 3. The molecule has 0 amide bonds. The van der Waals surface area contributed by atoms with Gasteiger partial charge in [0.15, 0.2) is 0 Å². The topological polar surface area (TPSA) is 50.9 Å². The summed E-state index contributed by atoms with van der Waals surface area (Å²) >= 11 is 3.49. The molecule has 0 saturated carbocycles. The summed E-state index contributed by atoms with van der Waals surface area (Å²) < 4.78 is 1.08. The molecule has 20 heavy (non-hydrogen) atoms. The fraction of sp³-hybridized carbons (Fsp3) is 0.0625. The van der Waals surface area contributed by atoms with E-state index in [-0.39, 0.29) is 6.04 Å². The molecule has 3 N–H and O–H groups in total. The first-order valence-corrected chi connectivity index (χ1v) is 7.12. The normalized spacial score (nSPS) is 12.5. The average molecular weight is 328 g/mol. The molecule has 0 bridgehead atoms. The fourth-order valence-electron chi connectivity index (χ4n) is 2.35. The van der Waals surface area contributed by atoms with Gasteiger partial charge >= 0.3 is 0 Å². The maximum atomic E-state index is 5.72. The number of fused-ring (bicyclic) bond motifs is 1. The Kier molecular flexibility index (Phi) is 3.78. The molecule has 3 nitrogen and oxygen atoms in total. The Hall–Kier alpha value is -1.75. The number of pyridine rings is 1. The van der Waals surface area contributed by atoms with Crippen molar-refractivity contribution in [1.82, 2.24) is 10.4 Å². The maximum Gasteiger partial charge on any atom is 0.0725 e. The maximum absolute atomic E-state index is 5.72. The molecule has 0 spiro atoms. The number of nitrogens with one attached hydrogen (secondary N) is 1. The zero-order valence-corrected chi connectivity index (χ0v) is 12.3. The van der Waals surface area contributed by atoms with Gasteiger partial charge in [-0.05, 0) is 46.2 Å². The highest BCUT2D eigenvalue weighted by atomic mass is 79.9. The molecule has 1 heterocycles. The van der Waals surface area contributed by atoms with Crippen LogP contribution in [0.3, 0.4) is 0 Å². The molecule has 0 aliphatic carbocycles. The molecule has 1 atom stereocenters. The molecule has 4 heteroatoms. The lowest BCUT2D eigenvalue weighted by molar-refractivity contribution is 0.635. The zero-order valence-electron chi connectivity index (χ0n) is 10.8. The SMILES string of the molecule is NNC(c1cccnc1)c1ccc2cc(Br)ccc2c1. The van der Waals surface area contributed by atoms with Crippen LogP contribution in [0.5, 0.6) is 0 Å². The van der Waals surface area contributed by atoms with Crippen LogP contribution >= 0.6 is 15.9 Å². The number of aromatic nitrogens is 1. The predicted molar refractivity (Wildman–Crippen MR) is 85.1 cm³/mol. The van der Waals surface area contributed by atoms with Gasteiger partial charge < -0.3 is 0 Å². The molecule has 3 aromatic rings. The molecule has 0 radical (unpaired) electrons. The van der Waals surface area contributed by atoms with Crippen molar-refractivity contribution in [3.05, 3.63) is 76.5 Å². The second kappa shape index (κ2) is 5.71. The third-order valence-corrected chi connectivity index (χ3v) is 3.84. The van der Waals surface area contributed by atoms with Crippen LogP contribution < -0.4 is 11.3 Å². The highest BCUT2D eigenvalue weighted by Gasteiger charge is 2.12. The first kappa shape index (κ1) is 13.2. The molecule has 0 fully saturated rings. The van der Waals surface area contributed by atoms with Gasteiger partial charge in [0, 0.05) is 16.9 Å². The van der Waals surface area contributed by atoms with Crippen LogP contribution in [-0.2, 0) is 0 Å². The van der Waals surface area contributed by atoms with Gasteiger partial charge in [-0.15, -0.1) is 0 Å². The summed E-state index contributed by atoms with van der Waals surface area (Å²) in [6.45, 7) is 0. The molecule has 1 aromatic heterocycles. The molecule has 100 valence electrons. The Bertz CT molecular complexity index is 728. The van der Waals surface area contributed by atoms with E-state index in [9.17, 15) is 0 Å². The van der Waals surface area contributed by atoms with E-state index >= 15 is 0 Å². The van der Waals surface area contributed by atoms with Crippen molar-refractivity contribution in [3.63, 3.8) is 0 Å². The van der Waals surface area contributed by atoms with E-state index in [1.807, 2.05) is 24.4 Å². The van der Waals surface area contributed by atoms with Crippen molar-refractivity contribution >= 4 is 26.7 Å². The Labute approximate surface area is 125 Å². The lowest BCUT2D eigenvalue weighted by atomic mass is 9.98. The lowest BCUT2D eigenvalue weighted by Crippen LogP contribution is -2.28. The first-order chi connectivity index (χ1) is 9.78. The lowest BCUT2D eigenvalue weighted by Gasteiger charge is -2.17. The van der Waals surface area contributed by atoms with Crippen LogP contribution in [0, 0.1) is 0 Å². The van der Waals surface area contributed by atoms with E-state index in [1.165, 1.54) is 10.8 Å². The molecular weight excluding hydrogens is 314 g/mol. The van der Waals surface area contributed by atoms with Crippen LogP contribution in [0.15, 0.2) is 65.4 Å². The largest absolute Gasteiger partial charge is 0.271 e. The first-order valence-electron chi connectivity index (χ1n) is 6.33. The summed E-state index contributed by atoms with van der Waals surface area (Å²) in [6, 6.07) is 16.5. The van der Waals surface area contributed by atoms with Crippen LogP contribution in [-0.4, -0.2) is 4.98 Å². The van der Waals surface area contributed by atoms with Crippen molar-refractivity contribution in [1.29, 1.82) is 0 Å². The molecule has 0 saturated heterocycles. The van der Waals surface area contributed by atoms with Gasteiger partial charge in [0.1, 0.15) is 0 Å². The van der Waals surface area contributed by atoms with E-state index < -0.39 is 0 Å². The second-order valence-electron chi connectivity index (χ2n) is 4.64.